The minimum Gasteiger partial charge on any atom is -0.496 e. The van der Waals surface area contributed by atoms with Gasteiger partial charge in [0.15, 0.2) is 0 Å². The molecular weight excluding hydrogens is 284 g/mol. The first-order chi connectivity index (χ1) is 10.7. The maximum absolute atomic E-state index is 11.5. The summed E-state index contributed by atoms with van der Waals surface area (Å²) < 4.78 is 10.9. The summed E-state index contributed by atoms with van der Waals surface area (Å²) in [6.07, 6.45) is 2.22. The lowest BCUT2D eigenvalue weighted by Gasteiger charge is -2.34. The van der Waals surface area contributed by atoms with E-state index >= 15 is 0 Å². The summed E-state index contributed by atoms with van der Waals surface area (Å²) in [5.74, 6) is 0.768. The van der Waals surface area contributed by atoms with Crippen molar-refractivity contribution in [2.24, 2.45) is 0 Å². The van der Waals surface area contributed by atoms with E-state index in [1.807, 2.05) is 18.2 Å². The Balaban J connectivity index is 1.93. The molecule has 1 aliphatic carbocycles. The van der Waals surface area contributed by atoms with Crippen molar-refractivity contribution < 1.29 is 14.4 Å². The Morgan fingerprint density at radius 2 is 2.09 bits per heavy atom. The van der Waals surface area contributed by atoms with E-state index < -0.39 is 6.04 Å². The van der Waals surface area contributed by atoms with Crippen LogP contribution in [-0.4, -0.2) is 49.3 Å². The third kappa shape index (κ3) is 2.94. The Morgan fingerprint density at radius 1 is 1.32 bits per heavy atom. The minimum absolute atomic E-state index is 0.153. The second-order valence-electron chi connectivity index (χ2n) is 5.91. The van der Waals surface area contributed by atoms with Gasteiger partial charge in [0.05, 0.1) is 20.3 Å². The highest BCUT2D eigenvalue weighted by Crippen LogP contribution is 2.37. The zero-order chi connectivity index (χ0) is 15.5. The first-order valence-electron chi connectivity index (χ1n) is 7.81. The van der Waals surface area contributed by atoms with Gasteiger partial charge in [-0.15, -0.1) is 0 Å². The maximum Gasteiger partial charge on any atom is 0.238 e. The largest absolute Gasteiger partial charge is 0.496 e. The Bertz CT molecular complexity index is 543. The molecule has 1 aromatic carbocycles. The van der Waals surface area contributed by atoms with Gasteiger partial charge in [0.2, 0.25) is 6.04 Å². The summed E-state index contributed by atoms with van der Waals surface area (Å²) in [6, 6.07) is 5.33. The average Bonchev–Trinajstić information content (AvgIpc) is 2.75. The lowest BCUT2D eigenvalue weighted by Crippen LogP contribution is -2.44. The molecule has 0 aromatic heterocycles. The summed E-state index contributed by atoms with van der Waals surface area (Å²) >= 11 is 0. The standard InChI is InChI=1S/C16H22N2O4/c1-21-16-4-2-3-13-14(16)11-12(5-6-15(13)18(19)20)17-7-9-22-10-8-17/h2-4,12,15H,5-11H2,1H3. The predicted octanol–water partition coefficient (Wildman–Crippen LogP) is 2.05. The van der Waals surface area contributed by atoms with Crippen LogP contribution in [-0.2, 0) is 11.2 Å². The van der Waals surface area contributed by atoms with Crippen LogP contribution < -0.4 is 4.74 Å². The quantitative estimate of drug-likeness (QED) is 0.486. The predicted molar refractivity (Wildman–Crippen MR) is 81.8 cm³/mol. The highest BCUT2D eigenvalue weighted by Gasteiger charge is 2.34. The summed E-state index contributed by atoms with van der Waals surface area (Å²) in [7, 11) is 1.63. The topological polar surface area (TPSA) is 64.8 Å². The number of nitrogens with zero attached hydrogens (tertiary/aromatic N) is 2. The molecule has 1 aromatic rings. The summed E-state index contributed by atoms with van der Waals surface area (Å²) in [4.78, 5) is 13.7. The van der Waals surface area contributed by atoms with E-state index in [9.17, 15) is 10.1 Å². The van der Waals surface area contributed by atoms with E-state index in [0.717, 1.165) is 56.0 Å². The van der Waals surface area contributed by atoms with Crippen LogP contribution >= 0.6 is 0 Å². The molecule has 2 atom stereocenters. The molecule has 1 heterocycles. The van der Waals surface area contributed by atoms with Crippen molar-refractivity contribution in [3.8, 4) is 5.75 Å². The molecular formula is C16H22N2O4. The molecule has 2 unspecified atom stereocenters. The third-order valence-electron chi connectivity index (χ3n) is 4.78. The molecule has 0 bridgehead atoms. The molecule has 1 saturated heterocycles. The monoisotopic (exact) mass is 306 g/mol. The first kappa shape index (κ1) is 15.2. The second kappa shape index (κ2) is 6.62. The number of methoxy groups -OCH3 is 1. The van der Waals surface area contributed by atoms with Gasteiger partial charge in [0.25, 0.3) is 0 Å². The van der Waals surface area contributed by atoms with Crippen LogP contribution in [0.2, 0.25) is 0 Å². The van der Waals surface area contributed by atoms with E-state index in [-0.39, 0.29) is 4.92 Å². The van der Waals surface area contributed by atoms with Crippen molar-refractivity contribution in [3.05, 3.63) is 39.4 Å². The average molecular weight is 306 g/mol. The number of benzene rings is 1. The van der Waals surface area contributed by atoms with Gasteiger partial charge in [0, 0.05) is 41.6 Å². The van der Waals surface area contributed by atoms with Crippen LogP contribution in [0.1, 0.15) is 30.0 Å². The van der Waals surface area contributed by atoms with Gasteiger partial charge < -0.3 is 9.47 Å². The molecule has 22 heavy (non-hydrogen) atoms. The lowest BCUT2D eigenvalue weighted by atomic mass is 9.98. The van der Waals surface area contributed by atoms with Gasteiger partial charge in [-0.1, -0.05) is 12.1 Å². The molecule has 0 N–H and O–H groups in total. The van der Waals surface area contributed by atoms with Crippen LogP contribution in [0.25, 0.3) is 0 Å². The van der Waals surface area contributed by atoms with Crippen LogP contribution in [0.4, 0.5) is 0 Å². The van der Waals surface area contributed by atoms with E-state index in [0.29, 0.717) is 12.5 Å². The molecule has 1 aliphatic heterocycles. The lowest BCUT2D eigenvalue weighted by molar-refractivity contribution is -0.530. The number of fused-ring (bicyclic) bond motifs is 1. The number of ether oxygens (including phenoxy) is 2. The zero-order valence-electron chi connectivity index (χ0n) is 12.9. The first-order valence-corrected chi connectivity index (χ1v) is 7.81. The fourth-order valence-corrected chi connectivity index (χ4v) is 3.62. The molecule has 6 heteroatoms. The zero-order valence-corrected chi connectivity index (χ0v) is 12.9. The molecule has 120 valence electrons. The number of nitro groups is 1. The van der Waals surface area contributed by atoms with Gasteiger partial charge in [-0.05, 0) is 18.9 Å². The molecule has 0 spiro atoms. The van der Waals surface area contributed by atoms with Crippen LogP contribution in [0.15, 0.2) is 18.2 Å². The van der Waals surface area contributed by atoms with E-state index in [1.54, 1.807) is 7.11 Å². The van der Waals surface area contributed by atoms with Crippen LogP contribution in [0, 0.1) is 10.1 Å². The van der Waals surface area contributed by atoms with Crippen molar-refractivity contribution >= 4 is 0 Å². The number of hydrogen-bond donors (Lipinski definition) is 0. The Kier molecular flexibility index (Phi) is 4.59. The molecule has 0 radical (unpaired) electrons. The molecule has 2 aliphatic rings. The Morgan fingerprint density at radius 3 is 2.77 bits per heavy atom. The summed E-state index contributed by atoms with van der Waals surface area (Å²) in [6.45, 7) is 3.29. The minimum atomic E-state index is -0.629. The Labute approximate surface area is 130 Å². The second-order valence-corrected chi connectivity index (χ2v) is 5.91. The SMILES string of the molecule is COc1cccc2c1CC(N1CCOCC1)CCC2[N+](=O)[O-]. The van der Waals surface area contributed by atoms with Gasteiger partial charge in [-0.2, -0.15) is 0 Å². The fraction of sp³-hybridized carbons (Fsp3) is 0.625. The normalized spacial score (nSPS) is 26.0. The van der Waals surface area contributed by atoms with Crippen molar-refractivity contribution in [2.45, 2.75) is 31.3 Å². The molecule has 3 rings (SSSR count). The number of morpholine rings is 1. The molecule has 1 fully saturated rings. The van der Waals surface area contributed by atoms with E-state index in [4.69, 9.17) is 9.47 Å². The van der Waals surface area contributed by atoms with Crippen molar-refractivity contribution in [2.75, 3.05) is 33.4 Å². The van der Waals surface area contributed by atoms with Gasteiger partial charge >= 0.3 is 0 Å². The van der Waals surface area contributed by atoms with Gasteiger partial charge in [0.1, 0.15) is 5.75 Å². The highest BCUT2D eigenvalue weighted by molar-refractivity contribution is 5.42. The molecule has 0 saturated carbocycles. The smallest absolute Gasteiger partial charge is 0.238 e. The molecule has 0 amide bonds. The maximum atomic E-state index is 11.5. The van der Waals surface area contributed by atoms with E-state index in [2.05, 4.69) is 4.90 Å². The van der Waals surface area contributed by atoms with Crippen LogP contribution in [0.3, 0.4) is 0 Å². The van der Waals surface area contributed by atoms with Crippen LogP contribution in [0.5, 0.6) is 5.75 Å². The Hall–Kier alpha value is -1.66. The summed E-state index contributed by atoms with van der Waals surface area (Å²) in [5, 5.41) is 11.5. The van der Waals surface area contributed by atoms with Gasteiger partial charge in [-0.3, -0.25) is 15.0 Å². The molecule has 6 nitrogen and oxygen atoms in total. The number of hydrogen-bond acceptors (Lipinski definition) is 5. The van der Waals surface area contributed by atoms with Crippen molar-refractivity contribution in [1.29, 1.82) is 0 Å². The van der Waals surface area contributed by atoms with Crippen molar-refractivity contribution in [1.82, 2.24) is 4.90 Å². The number of rotatable bonds is 3. The summed E-state index contributed by atoms with van der Waals surface area (Å²) in [5.41, 5.74) is 1.82. The highest BCUT2D eigenvalue weighted by atomic mass is 16.6. The van der Waals surface area contributed by atoms with Gasteiger partial charge in [-0.25, -0.2) is 0 Å². The third-order valence-corrected chi connectivity index (χ3v) is 4.78. The van der Waals surface area contributed by atoms with E-state index in [1.165, 1.54) is 0 Å². The van der Waals surface area contributed by atoms with Crippen molar-refractivity contribution in [3.63, 3.8) is 0 Å². The fourth-order valence-electron chi connectivity index (χ4n) is 3.62.